The van der Waals surface area contributed by atoms with Crippen LogP contribution in [-0.2, 0) is 0 Å². The average Bonchev–Trinajstić information content (AvgIpc) is 2.28. The van der Waals surface area contributed by atoms with Gasteiger partial charge < -0.3 is 16.8 Å². The van der Waals surface area contributed by atoms with E-state index in [1.165, 1.54) is 12.8 Å². The standard InChI is InChI=1S/C14H33N3/c1-11(7-15)5-13(3)9-17-10-14(4)6-12(2)8-16/h11-14,17H,5-10,15-16H2,1-4H3/t11-,12-,13+,14+/m0/s1. The van der Waals surface area contributed by atoms with E-state index in [0.717, 1.165) is 26.2 Å². The average molecular weight is 243 g/mol. The largest absolute Gasteiger partial charge is 0.330 e. The van der Waals surface area contributed by atoms with E-state index in [0.29, 0.717) is 23.7 Å². The lowest BCUT2D eigenvalue weighted by Gasteiger charge is -2.19. The van der Waals surface area contributed by atoms with Gasteiger partial charge in [-0.05, 0) is 62.7 Å². The Hall–Kier alpha value is -0.120. The lowest BCUT2D eigenvalue weighted by Crippen LogP contribution is -2.29. The molecule has 0 aliphatic heterocycles. The van der Waals surface area contributed by atoms with Crippen LogP contribution in [0.2, 0.25) is 0 Å². The highest BCUT2D eigenvalue weighted by Gasteiger charge is 2.09. The molecule has 3 nitrogen and oxygen atoms in total. The maximum absolute atomic E-state index is 5.64. The number of nitrogens with one attached hydrogen (secondary N) is 1. The molecule has 0 aromatic heterocycles. The first-order valence-electron chi connectivity index (χ1n) is 7.10. The Labute approximate surface area is 108 Å². The molecule has 0 aromatic carbocycles. The van der Waals surface area contributed by atoms with Crippen LogP contribution < -0.4 is 16.8 Å². The van der Waals surface area contributed by atoms with Crippen molar-refractivity contribution in [3.63, 3.8) is 0 Å². The second kappa shape index (κ2) is 9.86. The Morgan fingerprint density at radius 3 is 1.35 bits per heavy atom. The lowest BCUT2D eigenvalue weighted by molar-refractivity contribution is 0.362. The predicted molar refractivity (Wildman–Crippen MR) is 76.9 cm³/mol. The molecule has 4 atom stereocenters. The van der Waals surface area contributed by atoms with Crippen molar-refractivity contribution in [2.24, 2.45) is 35.1 Å². The van der Waals surface area contributed by atoms with Crippen LogP contribution in [-0.4, -0.2) is 26.2 Å². The van der Waals surface area contributed by atoms with Crippen molar-refractivity contribution in [3.05, 3.63) is 0 Å². The molecule has 0 aromatic rings. The Bertz CT molecular complexity index is 155. The van der Waals surface area contributed by atoms with Crippen molar-refractivity contribution in [1.82, 2.24) is 5.32 Å². The van der Waals surface area contributed by atoms with Crippen LogP contribution >= 0.6 is 0 Å². The van der Waals surface area contributed by atoms with Crippen LogP contribution in [0.15, 0.2) is 0 Å². The first-order valence-corrected chi connectivity index (χ1v) is 7.10. The van der Waals surface area contributed by atoms with Gasteiger partial charge in [0.15, 0.2) is 0 Å². The third kappa shape index (κ3) is 9.57. The van der Waals surface area contributed by atoms with Gasteiger partial charge in [0.2, 0.25) is 0 Å². The third-order valence-corrected chi connectivity index (χ3v) is 3.40. The lowest BCUT2D eigenvalue weighted by atomic mass is 9.96. The van der Waals surface area contributed by atoms with Crippen LogP contribution in [0.5, 0.6) is 0 Å². The highest BCUT2D eigenvalue weighted by molar-refractivity contribution is 4.66. The van der Waals surface area contributed by atoms with E-state index in [1.807, 2.05) is 0 Å². The summed E-state index contributed by atoms with van der Waals surface area (Å²) in [5.74, 6) is 2.71. The minimum absolute atomic E-state index is 0.640. The number of hydrogen-bond acceptors (Lipinski definition) is 3. The first kappa shape index (κ1) is 16.9. The molecule has 17 heavy (non-hydrogen) atoms. The zero-order valence-corrected chi connectivity index (χ0v) is 12.2. The van der Waals surface area contributed by atoms with E-state index in [1.54, 1.807) is 0 Å². The maximum atomic E-state index is 5.64. The molecular formula is C14H33N3. The smallest absolute Gasteiger partial charge is 0.00229 e. The summed E-state index contributed by atoms with van der Waals surface area (Å²) in [7, 11) is 0. The van der Waals surface area contributed by atoms with Crippen LogP contribution in [0.4, 0.5) is 0 Å². The Morgan fingerprint density at radius 2 is 1.06 bits per heavy atom. The highest BCUT2D eigenvalue weighted by atomic mass is 14.9. The zero-order valence-electron chi connectivity index (χ0n) is 12.2. The van der Waals surface area contributed by atoms with E-state index in [2.05, 4.69) is 33.0 Å². The molecule has 0 bridgehead atoms. The molecule has 0 unspecified atom stereocenters. The van der Waals surface area contributed by atoms with Crippen LogP contribution in [0, 0.1) is 23.7 Å². The maximum Gasteiger partial charge on any atom is -0.00229 e. The molecule has 0 saturated carbocycles. The molecule has 0 amide bonds. The molecule has 0 radical (unpaired) electrons. The van der Waals surface area contributed by atoms with Crippen LogP contribution in [0.25, 0.3) is 0 Å². The van der Waals surface area contributed by atoms with Gasteiger partial charge in [-0.2, -0.15) is 0 Å². The van der Waals surface area contributed by atoms with Crippen molar-refractivity contribution in [2.75, 3.05) is 26.2 Å². The second-order valence-electron chi connectivity index (χ2n) is 6.02. The van der Waals surface area contributed by atoms with Gasteiger partial charge in [0.1, 0.15) is 0 Å². The molecule has 0 heterocycles. The van der Waals surface area contributed by atoms with Gasteiger partial charge in [-0.3, -0.25) is 0 Å². The number of rotatable bonds is 10. The van der Waals surface area contributed by atoms with E-state index in [-0.39, 0.29) is 0 Å². The zero-order chi connectivity index (χ0) is 13.3. The van der Waals surface area contributed by atoms with Gasteiger partial charge in [-0.1, -0.05) is 27.7 Å². The fourth-order valence-electron chi connectivity index (χ4n) is 2.31. The molecule has 104 valence electrons. The molecule has 0 aliphatic rings. The van der Waals surface area contributed by atoms with E-state index in [4.69, 9.17) is 11.5 Å². The van der Waals surface area contributed by atoms with Crippen molar-refractivity contribution < 1.29 is 0 Å². The summed E-state index contributed by atoms with van der Waals surface area (Å²) < 4.78 is 0. The fourth-order valence-corrected chi connectivity index (χ4v) is 2.31. The first-order chi connectivity index (χ1) is 7.99. The quantitative estimate of drug-likeness (QED) is 0.548. The van der Waals surface area contributed by atoms with Gasteiger partial charge in [0, 0.05) is 0 Å². The topological polar surface area (TPSA) is 64.1 Å². The second-order valence-corrected chi connectivity index (χ2v) is 6.02. The SMILES string of the molecule is C[C@H](CN)C[C@@H](C)CNC[C@H](C)C[C@H](C)CN. The van der Waals surface area contributed by atoms with E-state index < -0.39 is 0 Å². The molecule has 3 heteroatoms. The van der Waals surface area contributed by atoms with Gasteiger partial charge in [-0.15, -0.1) is 0 Å². The van der Waals surface area contributed by atoms with Crippen molar-refractivity contribution >= 4 is 0 Å². The van der Waals surface area contributed by atoms with Crippen LogP contribution in [0.3, 0.4) is 0 Å². The summed E-state index contributed by atoms with van der Waals surface area (Å²) in [6.07, 6.45) is 2.44. The summed E-state index contributed by atoms with van der Waals surface area (Å²) in [6.45, 7) is 12.9. The molecule has 0 rings (SSSR count). The number of nitrogens with two attached hydrogens (primary N) is 2. The summed E-state index contributed by atoms with van der Waals surface area (Å²) >= 11 is 0. The molecule has 0 saturated heterocycles. The molecule has 0 aliphatic carbocycles. The van der Waals surface area contributed by atoms with Gasteiger partial charge in [0.05, 0.1) is 0 Å². The van der Waals surface area contributed by atoms with Gasteiger partial charge >= 0.3 is 0 Å². The summed E-state index contributed by atoms with van der Waals surface area (Å²) in [4.78, 5) is 0. The minimum atomic E-state index is 0.640. The normalized spacial score (nSPS) is 18.7. The molecule has 0 fully saturated rings. The summed E-state index contributed by atoms with van der Waals surface area (Å²) in [6, 6.07) is 0. The predicted octanol–water partition coefficient (Wildman–Crippen LogP) is 1.82. The van der Waals surface area contributed by atoms with Gasteiger partial charge in [-0.25, -0.2) is 0 Å². The van der Waals surface area contributed by atoms with Crippen molar-refractivity contribution in [3.8, 4) is 0 Å². The van der Waals surface area contributed by atoms with Crippen LogP contribution in [0.1, 0.15) is 40.5 Å². The summed E-state index contributed by atoms with van der Waals surface area (Å²) in [5, 5.41) is 3.56. The third-order valence-electron chi connectivity index (χ3n) is 3.40. The number of hydrogen-bond donors (Lipinski definition) is 3. The van der Waals surface area contributed by atoms with Crippen molar-refractivity contribution in [1.29, 1.82) is 0 Å². The Kier molecular flexibility index (Phi) is 9.79. The van der Waals surface area contributed by atoms with Gasteiger partial charge in [0.25, 0.3) is 0 Å². The molecule has 0 spiro atoms. The monoisotopic (exact) mass is 243 g/mol. The molecular weight excluding hydrogens is 210 g/mol. The Morgan fingerprint density at radius 1 is 0.706 bits per heavy atom. The molecule has 5 N–H and O–H groups in total. The highest BCUT2D eigenvalue weighted by Crippen LogP contribution is 2.11. The van der Waals surface area contributed by atoms with Crippen molar-refractivity contribution in [2.45, 2.75) is 40.5 Å². The summed E-state index contributed by atoms with van der Waals surface area (Å²) in [5.41, 5.74) is 11.3. The Balaban J connectivity index is 3.55. The minimum Gasteiger partial charge on any atom is -0.330 e. The fraction of sp³-hybridized carbons (Fsp3) is 1.00. The van der Waals surface area contributed by atoms with E-state index >= 15 is 0 Å². The van der Waals surface area contributed by atoms with E-state index in [9.17, 15) is 0 Å².